The Labute approximate surface area is 146 Å². The van der Waals surface area contributed by atoms with E-state index in [1.54, 1.807) is 0 Å². The van der Waals surface area contributed by atoms with Crippen LogP contribution in [0.25, 0.3) is 11.4 Å². The Bertz CT molecular complexity index is 704. The second kappa shape index (κ2) is 7.33. The van der Waals surface area contributed by atoms with Crippen molar-refractivity contribution in [1.82, 2.24) is 19.9 Å². The molecule has 0 N–H and O–H groups in total. The van der Waals surface area contributed by atoms with Gasteiger partial charge in [0.15, 0.2) is 0 Å². The van der Waals surface area contributed by atoms with E-state index in [4.69, 9.17) is 9.26 Å². The van der Waals surface area contributed by atoms with Crippen LogP contribution in [0.2, 0.25) is 0 Å². The summed E-state index contributed by atoms with van der Waals surface area (Å²) < 4.78 is 10.7. The molecule has 3 heterocycles. The molecule has 2 aliphatic heterocycles. The molecule has 132 valence electrons. The number of carbonyl (C=O) groups excluding carboxylic acids is 1. The lowest BCUT2D eigenvalue weighted by molar-refractivity contribution is -0.137. The van der Waals surface area contributed by atoms with Crippen LogP contribution < -0.4 is 0 Å². The standard InChI is InChI=1S/C18H22N4O3/c23-18(15-6-11-24-13-15)22-9-7-21(8-10-22)12-16-19-17(20-25-16)14-4-2-1-3-5-14/h1-5,15H,6-13H2/t15-/m0/s1. The van der Waals surface area contributed by atoms with E-state index >= 15 is 0 Å². The number of hydrogen-bond acceptors (Lipinski definition) is 6. The van der Waals surface area contributed by atoms with Gasteiger partial charge in [0.05, 0.1) is 19.1 Å². The van der Waals surface area contributed by atoms with E-state index in [9.17, 15) is 4.79 Å². The molecule has 2 aliphatic rings. The van der Waals surface area contributed by atoms with E-state index < -0.39 is 0 Å². The zero-order valence-corrected chi connectivity index (χ0v) is 14.1. The molecule has 25 heavy (non-hydrogen) atoms. The third-order valence-electron chi connectivity index (χ3n) is 4.82. The first-order valence-electron chi connectivity index (χ1n) is 8.76. The minimum Gasteiger partial charge on any atom is -0.381 e. The molecule has 0 radical (unpaired) electrons. The predicted molar refractivity (Wildman–Crippen MR) is 90.5 cm³/mol. The molecule has 0 spiro atoms. The molecule has 2 aromatic rings. The number of piperazine rings is 1. The number of hydrogen-bond donors (Lipinski definition) is 0. The summed E-state index contributed by atoms with van der Waals surface area (Å²) in [5.74, 6) is 1.52. The highest BCUT2D eigenvalue weighted by Gasteiger charge is 2.30. The molecule has 1 amide bonds. The average Bonchev–Trinajstić information content (AvgIpc) is 3.35. The smallest absolute Gasteiger partial charge is 0.241 e. The highest BCUT2D eigenvalue weighted by Crippen LogP contribution is 2.18. The molecular formula is C18H22N4O3. The van der Waals surface area contributed by atoms with Gasteiger partial charge in [-0.25, -0.2) is 0 Å². The summed E-state index contributed by atoms with van der Waals surface area (Å²) in [6.07, 6.45) is 0.850. The Kier molecular flexibility index (Phi) is 4.76. The maximum absolute atomic E-state index is 12.4. The normalized spacial score (nSPS) is 21.6. The number of carbonyl (C=O) groups is 1. The molecule has 7 heteroatoms. The van der Waals surface area contributed by atoms with Crippen LogP contribution in [-0.4, -0.2) is 65.2 Å². The summed E-state index contributed by atoms with van der Waals surface area (Å²) >= 11 is 0. The number of rotatable bonds is 4. The zero-order chi connectivity index (χ0) is 17.1. The van der Waals surface area contributed by atoms with Gasteiger partial charge in [-0.2, -0.15) is 4.98 Å². The Hall–Kier alpha value is -2.25. The van der Waals surface area contributed by atoms with Gasteiger partial charge in [0.1, 0.15) is 0 Å². The van der Waals surface area contributed by atoms with E-state index in [0.717, 1.165) is 38.2 Å². The Morgan fingerprint density at radius 2 is 1.96 bits per heavy atom. The topological polar surface area (TPSA) is 71.7 Å². The van der Waals surface area contributed by atoms with Crippen molar-refractivity contribution in [2.24, 2.45) is 5.92 Å². The van der Waals surface area contributed by atoms with E-state index in [1.807, 2.05) is 35.2 Å². The largest absolute Gasteiger partial charge is 0.381 e. The summed E-state index contributed by atoms with van der Waals surface area (Å²) in [5.41, 5.74) is 0.951. The SMILES string of the molecule is O=C([C@H]1CCOC1)N1CCN(Cc2nc(-c3ccccc3)no2)CC1. The fraction of sp³-hybridized carbons (Fsp3) is 0.500. The number of nitrogens with zero attached hydrogens (tertiary/aromatic N) is 4. The minimum atomic E-state index is 0.0518. The van der Waals surface area contributed by atoms with Crippen LogP contribution in [0.4, 0.5) is 0 Å². The third kappa shape index (κ3) is 3.72. The van der Waals surface area contributed by atoms with Crippen molar-refractivity contribution in [2.75, 3.05) is 39.4 Å². The fourth-order valence-electron chi connectivity index (χ4n) is 3.33. The van der Waals surface area contributed by atoms with Crippen molar-refractivity contribution < 1.29 is 14.1 Å². The van der Waals surface area contributed by atoms with Crippen LogP contribution in [0.15, 0.2) is 34.9 Å². The van der Waals surface area contributed by atoms with E-state index in [2.05, 4.69) is 15.0 Å². The lowest BCUT2D eigenvalue weighted by Crippen LogP contribution is -2.50. The molecule has 1 aromatic carbocycles. The number of ether oxygens (including phenoxy) is 1. The van der Waals surface area contributed by atoms with Crippen molar-refractivity contribution in [3.05, 3.63) is 36.2 Å². The second-order valence-electron chi connectivity index (χ2n) is 6.54. The lowest BCUT2D eigenvalue weighted by Gasteiger charge is -2.35. The Morgan fingerprint density at radius 1 is 1.16 bits per heavy atom. The first kappa shape index (κ1) is 16.2. The maximum atomic E-state index is 12.4. The molecule has 2 fully saturated rings. The van der Waals surface area contributed by atoms with Crippen LogP contribution in [0.3, 0.4) is 0 Å². The maximum Gasteiger partial charge on any atom is 0.241 e. The van der Waals surface area contributed by atoms with Crippen molar-refractivity contribution in [3.63, 3.8) is 0 Å². The predicted octanol–water partition coefficient (Wildman–Crippen LogP) is 1.42. The van der Waals surface area contributed by atoms with Crippen molar-refractivity contribution in [2.45, 2.75) is 13.0 Å². The zero-order valence-electron chi connectivity index (χ0n) is 14.1. The van der Waals surface area contributed by atoms with E-state index in [-0.39, 0.29) is 11.8 Å². The quantitative estimate of drug-likeness (QED) is 0.837. The second-order valence-corrected chi connectivity index (χ2v) is 6.54. The Balaban J connectivity index is 1.30. The highest BCUT2D eigenvalue weighted by molar-refractivity contribution is 5.79. The van der Waals surface area contributed by atoms with Crippen molar-refractivity contribution in [3.8, 4) is 11.4 Å². The van der Waals surface area contributed by atoms with Gasteiger partial charge in [-0.1, -0.05) is 35.5 Å². The molecule has 0 aliphatic carbocycles. The third-order valence-corrected chi connectivity index (χ3v) is 4.82. The van der Waals surface area contributed by atoms with Crippen LogP contribution in [0, 0.1) is 5.92 Å². The van der Waals surface area contributed by atoms with E-state index in [0.29, 0.717) is 31.5 Å². The van der Waals surface area contributed by atoms with Gasteiger partial charge in [0.25, 0.3) is 0 Å². The fourth-order valence-corrected chi connectivity index (χ4v) is 3.33. The molecular weight excluding hydrogens is 320 g/mol. The summed E-state index contributed by atoms with van der Waals surface area (Å²) in [6.45, 7) is 5.03. The Morgan fingerprint density at radius 3 is 2.68 bits per heavy atom. The van der Waals surface area contributed by atoms with Crippen LogP contribution in [0.5, 0.6) is 0 Å². The van der Waals surface area contributed by atoms with Gasteiger partial charge in [0.2, 0.25) is 17.6 Å². The van der Waals surface area contributed by atoms with Crippen LogP contribution in [0.1, 0.15) is 12.3 Å². The average molecular weight is 342 g/mol. The molecule has 2 saturated heterocycles. The van der Waals surface area contributed by atoms with Gasteiger partial charge in [-0.05, 0) is 6.42 Å². The number of aromatic nitrogens is 2. The number of benzene rings is 1. The van der Waals surface area contributed by atoms with E-state index in [1.165, 1.54) is 0 Å². The molecule has 0 saturated carbocycles. The van der Waals surface area contributed by atoms with Crippen LogP contribution in [-0.2, 0) is 16.1 Å². The van der Waals surface area contributed by atoms with Gasteiger partial charge in [0, 0.05) is 38.3 Å². The first-order valence-corrected chi connectivity index (χ1v) is 8.76. The lowest BCUT2D eigenvalue weighted by atomic mass is 10.1. The summed E-state index contributed by atoms with van der Waals surface area (Å²) in [7, 11) is 0. The van der Waals surface area contributed by atoms with Gasteiger partial charge in [-0.15, -0.1) is 0 Å². The molecule has 0 bridgehead atoms. The minimum absolute atomic E-state index is 0.0518. The molecule has 4 rings (SSSR count). The molecule has 7 nitrogen and oxygen atoms in total. The summed E-state index contributed by atoms with van der Waals surface area (Å²) in [5, 5.41) is 4.06. The molecule has 1 aromatic heterocycles. The van der Waals surface area contributed by atoms with Crippen molar-refractivity contribution in [1.29, 1.82) is 0 Å². The molecule has 0 unspecified atom stereocenters. The van der Waals surface area contributed by atoms with Gasteiger partial charge in [-0.3, -0.25) is 9.69 Å². The van der Waals surface area contributed by atoms with Gasteiger partial charge >= 0.3 is 0 Å². The van der Waals surface area contributed by atoms with Crippen molar-refractivity contribution >= 4 is 5.91 Å². The molecule has 1 atom stereocenters. The van der Waals surface area contributed by atoms with Gasteiger partial charge < -0.3 is 14.2 Å². The summed E-state index contributed by atoms with van der Waals surface area (Å²) in [6, 6.07) is 9.80. The number of amides is 1. The van der Waals surface area contributed by atoms with Crippen LogP contribution >= 0.6 is 0 Å². The summed E-state index contributed by atoms with van der Waals surface area (Å²) in [4.78, 5) is 21.1. The first-order chi connectivity index (χ1) is 12.3. The monoisotopic (exact) mass is 342 g/mol. The highest BCUT2D eigenvalue weighted by atomic mass is 16.5.